The molecule has 19 heavy (non-hydrogen) atoms. The lowest BCUT2D eigenvalue weighted by Gasteiger charge is -2.30. The Morgan fingerprint density at radius 2 is 1.11 bits per heavy atom. The summed E-state index contributed by atoms with van der Waals surface area (Å²) in [4.78, 5) is 20.6. The predicted octanol–water partition coefficient (Wildman–Crippen LogP) is -0.190. The van der Waals surface area contributed by atoms with Crippen LogP contribution in [0.1, 0.15) is 0 Å². The standard InChI is InChI=1S/C14H28N4O/c1-5-14(19)18-12-10-16(3)8-6-15(2)7-9-17(4)11-13-18/h5H,1,6-13H2,2-4H3. The van der Waals surface area contributed by atoms with Crippen LogP contribution >= 0.6 is 0 Å². The summed E-state index contributed by atoms with van der Waals surface area (Å²) in [6.45, 7) is 11.2. The van der Waals surface area contributed by atoms with E-state index < -0.39 is 0 Å². The summed E-state index contributed by atoms with van der Waals surface area (Å²) >= 11 is 0. The molecule has 1 saturated heterocycles. The Kier molecular flexibility index (Phi) is 7.05. The second-order valence-electron chi connectivity index (χ2n) is 5.44. The first kappa shape index (κ1) is 16.1. The van der Waals surface area contributed by atoms with Crippen molar-refractivity contribution < 1.29 is 4.79 Å². The van der Waals surface area contributed by atoms with Gasteiger partial charge in [-0.05, 0) is 27.2 Å². The second kappa shape index (κ2) is 8.30. The Balaban J connectivity index is 2.59. The molecule has 0 atom stereocenters. The highest BCUT2D eigenvalue weighted by atomic mass is 16.2. The van der Waals surface area contributed by atoms with Crippen LogP contribution in [0.5, 0.6) is 0 Å². The average molecular weight is 268 g/mol. The highest BCUT2D eigenvalue weighted by molar-refractivity contribution is 5.86. The van der Waals surface area contributed by atoms with Crippen LogP contribution in [-0.2, 0) is 4.79 Å². The number of rotatable bonds is 1. The van der Waals surface area contributed by atoms with E-state index in [2.05, 4.69) is 42.4 Å². The zero-order valence-electron chi connectivity index (χ0n) is 12.6. The van der Waals surface area contributed by atoms with Gasteiger partial charge in [0.2, 0.25) is 5.91 Å². The molecular weight excluding hydrogens is 240 g/mol. The molecule has 1 rings (SSSR count). The summed E-state index contributed by atoms with van der Waals surface area (Å²) in [5, 5.41) is 0. The minimum absolute atomic E-state index is 0.0379. The molecule has 0 saturated carbocycles. The Labute approximate surface area is 117 Å². The first-order valence-electron chi connectivity index (χ1n) is 7.00. The van der Waals surface area contributed by atoms with Gasteiger partial charge in [0.15, 0.2) is 0 Å². The highest BCUT2D eigenvalue weighted by Gasteiger charge is 2.13. The lowest BCUT2D eigenvalue weighted by molar-refractivity contribution is -0.126. The van der Waals surface area contributed by atoms with Gasteiger partial charge in [0.1, 0.15) is 0 Å². The zero-order valence-corrected chi connectivity index (χ0v) is 12.6. The predicted molar refractivity (Wildman–Crippen MR) is 79.3 cm³/mol. The second-order valence-corrected chi connectivity index (χ2v) is 5.44. The zero-order chi connectivity index (χ0) is 14.3. The quantitative estimate of drug-likeness (QED) is 0.617. The molecule has 5 nitrogen and oxygen atoms in total. The van der Waals surface area contributed by atoms with Crippen LogP contribution in [0.25, 0.3) is 0 Å². The van der Waals surface area contributed by atoms with Crippen molar-refractivity contribution in [3.05, 3.63) is 12.7 Å². The van der Waals surface area contributed by atoms with Crippen molar-refractivity contribution in [2.24, 2.45) is 0 Å². The summed E-state index contributed by atoms with van der Waals surface area (Å²) in [6, 6.07) is 0. The van der Waals surface area contributed by atoms with E-state index in [4.69, 9.17) is 0 Å². The molecule has 1 aliphatic heterocycles. The van der Waals surface area contributed by atoms with Crippen LogP contribution in [0.3, 0.4) is 0 Å². The molecule has 110 valence electrons. The minimum atomic E-state index is 0.0379. The van der Waals surface area contributed by atoms with E-state index in [0.29, 0.717) is 0 Å². The van der Waals surface area contributed by atoms with Gasteiger partial charge in [-0.3, -0.25) is 4.79 Å². The Hall–Kier alpha value is -0.910. The van der Waals surface area contributed by atoms with Gasteiger partial charge in [-0.2, -0.15) is 0 Å². The third-order valence-electron chi connectivity index (χ3n) is 3.72. The van der Waals surface area contributed by atoms with Crippen molar-refractivity contribution >= 4 is 5.91 Å². The molecule has 0 unspecified atom stereocenters. The smallest absolute Gasteiger partial charge is 0.246 e. The number of carbonyl (C=O) groups excluding carboxylic acids is 1. The molecule has 0 aliphatic carbocycles. The molecule has 1 heterocycles. The first-order valence-corrected chi connectivity index (χ1v) is 7.00. The molecule has 1 fully saturated rings. The van der Waals surface area contributed by atoms with E-state index in [1.807, 2.05) is 4.90 Å². The number of nitrogens with zero attached hydrogens (tertiary/aromatic N) is 4. The van der Waals surface area contributed by atoms with E-state index >= 15 is 0 Å². The van der Waals surface area contributed by atoms with Crippen LogP contribution in [-0.4, -0.2) is 99.0 Å². The molecular formula is C14H28N4O. The van der Waals surface area contributed by atoms with E-state index in [1.165, 1.54) is 6.08 Å². The summed E-state index contributed by atoms with van der Waals surface area (Å²) in [7, 11) is 6.39. The number of likely N-dealkylation sites (N-methyl/N-ethyl adjacent to an activating group) is 3. The van der Waals surface area contributed by atoms with Crippen LogP contribution in [0.15, 0.2) is 12.7 Å². The highest BCUT2D eigenvalue weighted by Crippen LogP contribution is 1.97. The average Bonchev–Trinajstić information content (AvgIpc) is 2.40. The molecule has 0 bridgehead atoms. The van der Waals surface area contributed by atoms with E-state index in [0.717, 1.165) is 52.4 Å². The van der Waals surface area contributed by atoms with Gasteiger partial charge in [0.05, 0.1) is 0 Å². The van der Waals surface area contributed by atoms with Gasteiger partial charge in [0, 0.05) is 52.4 Å². The normalized spacial score (nSPS) is 22.6. The lowest BCUT2D eigenvalue weighted by Crippen LogP contribution is -2.44. The maximum atomic E-state index is 11.8. The summed E-state index contributed by atoms with van der Waals surface area (Å²) in [5.41, 5.74) is 0. The molecule has 0 aromatic heterocycles. The first-order chi connectivity index (χ1) is 9.02. The summed E-state index contributed by atoms with van der Waals surface area (Å²) in [6.07, 6.45) is 1.42. The van der Waals surface area contributed by atoms with Crippen molar-refractivity contribution in [3.8, 4) is 0 Å². The third-order valence-corrected chi connectivity index (χ3v) is 3.72. The Morgan fingerprint density at radius 1 is 0.789 bits per heavy atom. The molecule has 0 aromatic rings. The monoisotopic (exact) mass is 268 g/mol. The van der Waals surface area contributed by atoms with Gasteiger partial charge in [-0.25, -0.2) is 0 Å². The van der Waals surface area contributed by atoms with E-state index in [9.17, 15) is 4.79 Å². The molecule has 0 N–H and O–H groups in total. The van der Waals surface area contributed by atoms with Crippen molar-refractivity contribution in [1.82, 2.24) is 19.6 Å². The topological polar surface area (TPSA) is 30.0 Å². The van der Waals surface area contributed by atoms with Crippen molar-refractivity contribution in [2.75, 3.05) is 73.5 Å². The molecule has 1 aliphatic rings. The summed E-state index contributed by atoms with van der Waals surface area (Å²) < 4.78 is 0. The fourth-order valence-corrected chi connectivity index (χ4v) is 2.06. The lowest BCUT2D eigenvalue weighted by atomic mass is 10.3. The SMILES string of the molecule is C=CC(=O)N1CCN(C)CCN(C)CCN(C)CC1. The molecule has 0 spiro atoms. The van der Waals surface area contributed by atoms with Crippen molar-refractivity contribution in [1.29, 1.82) is 0 Å². The van der Waals surface area contributed by atoms with Gasteiger partial charge in [-0.15, -0.1) is 0 Å². The van der Waals surface area contributed by atoms with Crippen LogP contribution < -0.4 is 0 Å². The number of amides is 1. The Bertz CT molecular complexity index is 277. The van der Waals surface area contributed by atoms with Crippen molar-refractivity contribution in [2.45, 2.75) is 0 Å². The number of carbonyl (C=O) groups is 1. The molecule has 5 heteroatoms. The fourth-order valence-electron chi connectivity index (χ4n) is 2.06. The molecule has 1 amide bonds. The maximum absolute atomic E-state index is 11.8. The van der Waals surface area contributed by atoms with E-state index in [-0.39, 0.29) is 5.91 Å². The van der Waals surface area contributed by atoms with E-state index in [1.54, 1.807) is 0 Å². The van der Waals surface area contributed by atoms with Gasteiger partial charge in [-0.1, -0.05) is 6.58 Å². The minimum Gasteiger partial charge on any atom is -0.337 e. The van der Waals surface area contributed by atoms with Gasteiger partial charge >= 0.3 is 0 Å². The maximum Gasteiger partial charge on any atom is 0.246 e. The number of hydrogen-bond acceptors (Lipinski definition) is 4. The van der Waals surface area contributed by atoms with Gasteiger partial charge in [0.25, 0.3) is 0 Å². The van der Waals surface area contributed by atoms with Crippen LogP contribution in [0.4, 0.5) is 0 Å². The molecule has 0 radical (unpaired) electrons. The van der Waals surface area contributed by atoms with Crippen LogP contribution in [0.2, 0.25) is 0 Å². The number of hydrogen-bond donors (Lipinski definition) is 0. The summed E-state index contributed by atoms with van der Waals surface area (Å²) in [5.74, 6) is 0.0379. The Morgan fingerprint density at radius 3 is 1.42 bits per heavy atom. The van der Waals surface area contributed by atoms with Crippen molar-refractivity contribution in [3.63, 3.8) is 0 Å². The third kappa shape index (κ3) is 6.18. The largest absolute Gasteiger partial charge is 0.337 e. The van der Waals surface area contributed by atoms with Crippen LogP contribution in [0, 0.1) is 0 Å². The fraction of sp³-hybridized carbons (Fsp3) is 0.786. The van der Waals surface area contributed by atoms with Gasteiger partial charge < -0.3 is 19.6 Å². The molecule has 0 aromatic carbocycles.